The first-order valence-corrected chi connectivity index (χ1v) is 14.0. The van der Waals surface area contributed by atoms with Crippen LogP contribution in [0.3, 0.4) is 0 Å². The Balaban J connectivity index is 1.41. The highest BCUT2D eigenvalue weighted by molar-refractivity contribution is 8.21. The molecule has 3 N–H and O–H groups in total. The van der Waals surface area contributed by atoms with Gasteiger partial charge >= 0.3 is 0 Å². The van der Waals surface area contributed by atoms with Crippen LogP contribution in [0.25, 0.3) is 0 Å². The second-order valence-electron chi connectivity index (χ2n) is 10.8. The molecule has 0 aromatic heterocycles. The van der Waals surface area contributed by atoms with E-state index in [-0.39, 0.29) is 11.5 Å². The number of nitrogens with two attached hydrogens (primary N) is 1. The second kappa shape index (κ2) is 7.22. The van der Waals surface area contributed by atoms with E-state index in [1.165, 1.54) is 49.2 Å². The van der Waals surface area contributed by atoms with Crippen LogP contribution in [0, 0.1) is 29.1 Å². The van der Waals surface area contributed by atoms with Crippen molar-refractivity contribution in [2.75, 3.05) is 17.2 Å². The van der Waals surface area contributed by atoms with Gasteiger partial charge in [0.2, 0.25) is 0 Å². The van der Waals surface area contributed by atoms with Gasteiger partial charge in [-0.1, -0.05) is 30.7 Å². The fourth-order valence-electron chi connectivity index (χ4n) is 8.20. The van der Waals surface area contributed by atoms with Gasteiger partial charge in [-0.3, -0.25) is 0 Å². The summed E-state index contributed by atoms with van der Waals surface area (Å²) in [6.45, 7) is 2.41. The van der Waals surface area contributed by atoms with Crippen LogP contribution in [0.2, 0.25) is 0 Å². The number of allylic oxidation sites excluding steroid dienone is 1. The smallest absolute Gasteiger partial charge is 0.0794 e. The van der Waals surface area contributed by atoms with Gasteiger partial charge in [-0.15, -0.1) is 23.5 Å². The Bertz CT molecular complexity index is 845. The number of aliphatic hydroxyl groups is 1. The maximum Gasteiger partial charge on any atom is 0.0794 e. The normalized spacial score (nSPS) is 44.3. The van der Waals surface area contributed by atoms with Crippen LogP contribution in [-0.4, -0.2) is 26.8 Å². The van der Waals surface area contributed by atoms with E-state index in [2.05, 4.69) is 60.8 Å². The molecule has 1 aromatic rings. The lowest BCUT2D eigenvalue weighted by Gasteiger charge is -2.57. The van der Waals surface area contributed by atoms with Crippen LogP contribution < -0.4 is 5.73 Å². The summed E-state index contributed by atoms with van der Waals surface area (Å²) in [7, 11) is 0. The first-order valence-electron chi connectivity index (χ1n) is 12.0. The molecule has 2 nitrogen and oxygen atoms in total. The Labute approximate surface area is 189 Å². The van der Waals surface area contributed by atoms with Crippen molar-refractivity contribution in [1.82, 2.24) is 0 Å². The summed E-state index contributed by atoms with van der Waals surface area (Å²) in [6.07, 6.45) is 11.3. The SMILES string of the molecule is C[C@]12C[C@H](c3ccc(N)cc3)[C@H]3[C@@H](CCC4=CC5(CC[C@@H]43)SCCS5)[C@@H]1CCC2O. The molecule has 1 saturated heterocycles. The molecule has 7 atom stereocenters. The van der Waals surface area contributed by atoms with Gasteiger partial charge in [-0.05, 0) is 97.6 Å². The standard InChI is InChI=1S/C26H35NOS2/c1-25-15-21(16-2-5-18(27)6-3-16)24-19-10-11-26(29-12-13-30-26)14-17(19)4-7-20(24)22(25)8-9-23(25)28/h2-3,5-6,14,19-24,28H,4,7-13,15,27H2,1H3/t19-,20-,21+,22-,23?,24+,25-/m0/s1. The van der Waals surface area contributed by atoms with E-state index in [1.54, 1.807) is 5.57 Å². The molecule has 0 bridgehead atoms. The largest absolute Gasteiger partial charge is 0.399 e. The van der Waals surface area contributed by atoms with Crippen molar-refractivity contribution < 1.29 is 5.11 Å². The predicted octanol–water partition coefficient (Wildman–Crippen LogP) is 6.07. The van der Waals surface area contributed by atoms with Crippen LogP contribution in [0.5, 0.6) is 0 Å². The van der Waals surface area contributed by atoms with E-state index < -0.39 is 0 Å². The Morgan fingerprint density at radius 2 is 1.77 bits per heavy atom. The minimum atomic E-state index is -0.127. The Hall–Kier alpha value is -0.580. The lowest BCUT2D eigenvalue weighted by molar-refractivity contribution is -0.0659. The number of hydrogen-bond acceptors (Lipinski definition) is 4. The average Bonchev–Trinajstić information content (AvgIpc) is 3.32. The van der Waals surface area contributed by atoms with Crippen LogP contribution in [0.4, 0.5) is 5.69 Å². The van der Waals surface area contributed by atoms with Gasteiger partial charge in [0, 0.05) is 17.2 Å². The molecule has 162 valence electrons. The van der Waals surface area contributed by atoms with Gasteiger partial charge in [0.05, 0.1) is 10.2 Å². The molecule has 6 rings (SSSR count). The quantitative estimate of drug-likeness (QED) is 0.410. The lowest BCUT2D eigenvalue weighted by Crippen LogP contribution is -2.51. The van der Waals surface area contributed by atoms with E-state index in [4.69, 9.17) is 5.73 Å². The number of fused-ring (bicyclic) bond motifs is 5. The molecule has 1 aromatic carbocycles. The van der Waals surface area contributed by atoms with Crippen molar-refractivity contribution in [1.29, 1.82) is 0 Å². The summed E-state index contributed by atoms with van der Waals surface area (Å²) < 4.78 is 0.391. The van der Waals surface area contributed by atoms with Crippen molar-refractivity contribution in [3.8, 4) is 0 Å². The maximum atomic E-state index is 11.0. The van der Waals surface area contributed by atoms with Crippen LogP contribution in [0.1, 0.15) is 63.4 Å². The summed E-state index contributed by atoms with van der Waals surface area (Å²) in [5.74, 6) is 6.15. The number of hydrogen-bond donors (Lipinski definition) is 2. The number of benzene rings is 1. The maximum absolute atomic E-state index is 11.0. The Morgan fingerprint density at radius 3 is 2.53 bits per heavy atom. The fraction of sp³-hybridized carbons (Fsp3) is 0.692. The number of rotatable bonds is 1. The van der Waals surface area contributed by atoms with Gasteiger partial charge < -0.3 is 10.8 Å². The monoisotopic (exact) mass is 441 g/mol. The van der Waals surface area contributed by atoms with Crippen molar-refractivity contribution >= 4 is 29.2 Å². The van der Waals surface area contributed by atoms with E-state index >= 15 is 0 Å². The van der Waals surface area contributed by atoms with E-state index in [0.717, 1.165) is 36.3 Å². The predicted molar refractivity (Wildman–Crippen MR) is 130 cm³/mol. The minimum Gasteiger partial charge on any atom is -0.399 e. The average molecular weight is 442 g/mol. The molecule has 0 radical (unpaired) electrons. The molecule has 1 heterocycles. The molecule has 5 aliphatic rings. The highest BCUT2D eigenvalue weighted by Crippen LogP contribution is 2.67. The molecule has 4 fully saturated rings. The van der Waals surface area contributed by atoms with Gasteiger partial charge in [0.15, 0.2) is 0 Å². The third-order valence-corrected chi connectivity index (χ3v) is 13.0. The highest BCUT2D eigenvalue weighted by Gasteiger charge is 2.59. The topological polar surface area (TPSA) is 46.2 Å². The summed E-state index contributed by atoms with van der Waals surface area (Å²) in [5, 5.41) is 11.0. The van der Waals surface area contributed by atoms with Crippen LogP contribution >= 0.6 is 23.5 Å². The van der Waals surface area contributed by atoms with Crippen LogP contribution in [-0.2, 0) is 0 Å². The number of aliphatic hydroxyl groups excluding tert-OH is 1. The molecule has 4 heteroatoms. The second-order valence-corrected chi connectivity index (χ2v) is 13.9. The zero-order chi connectivity index (χ0) is 20.5. The number of nitrogen functional groups attached to an aromatic ring is 1. The van der Waals surface area contributed by atoms with E-state index in [9.17, 15) is 5.11 Å². The molecule has 1 spiro atoms. The molecule has 30 heavy (non-hydrogen) atoms. The van der Waals surface area contributed by atoms with Crippen molar-refractivity contribution in [3.05, 3.63) is 41.5 Å². The van der Waals surface area contributed by atoms with Crippen molar-refractivity contribution in [2.45, 2.75) is 68.0 Å². The Morgan fingerprint density at radius 1 is 1.00 bits per heavy atom. The Kier molecular flexibility index (Phi) is 4.82. The summed E-state index contributed by atoms with van der Waals surface area (Å²) in [6, 6.07) is 8.75. The fourth-order valence-corrected chi connectivity index (χ4v) is 11.4. The third-order valence-electron chi connectivity index (χ3n) is 9.55. The van der Waals surface area contributed by atoms with Crippen molar-refractivity contribution in [3.63, 3.8) is 0 Å². The first-order chi connectivity index (χ1) is 14.5. The third kappa shape index (κ3) is 2.96. The first kappa shape index (κ1) is 20.1. The van der Waals surface area contributed by atoms with Crippen LogP contribution in [0.15, 0.2) is 35.9 Å². The van der Waals surface area contributed by atoms with Gasteiger partial charge in [-0.25, -0.2) is 0 Å². The number of anilines is 1. The zero-order valence-corrected chi connectivity index (χ0v) is 19.7. The molecule has 1 unspecified atom stereocenters. The van der Waals surface area contributed by atoms with Gasteiger partial charge in [0.1, 0.15) is 0 Å². The summed E-state index contributed by atoms with van der Waals surface area (Å²) >= 11 is 4.41. The van der Waals surface area contributed by atoms with E-state index in [0.29, 0.717) is 15.9 Å². The molecule has 4 aliphatic carbocycles. The summed E-state index contributed by atoms with van der Waals surface area (Å²) in [5.41, 5.74) is 10.2. The molecule has 1 aliphatic heterocycles. The number of thioether (sulfide) groups is 2. The molecular formula is C26H35NOS2. The van der Waals surface area contributed by atoms with Gasteiger partial charge in [-0.2, -0.15) is 0 Å². The van der Waals surface area contributed by atoms with E-state index in [1.807, 2.05) is 0 Å². The summed E-state index contributed by atoms with van der Waals surface area (Å²) in [4.78, 5) is 0. The molecule has 3 saturated carbocycles. The van der Waals surface area contributed by atoms with Crippen molar-refractivity contribution in [2.24, 2.45) is 29.1 Å². The molecular weight excluding hydrogens is 406 g/mol. The van der Waals surface area contributed by atoms with Gasteiger partial charge in [0.25, 0.3) is 0 Å². The highest BCUT2D eigenvalue weighted by atomic mass is 32.2. The zero-order valence-electron chi connectivity index (χ0n) is 18.1. The molecule has 0 amide bonds. The lowest BCUT2D eigenvalue weighted by atomic mass is 9.48. The minimum absolute atomic E-state index is 0.0848.